The molecule has 0 aromatic heterocycles. The second-order valence-corrected chi connectivity index (χ2v) is 9.68. The van der Waals surface area contributed by atoms with E-state index in [-0.39, 0.29) is 11.1 Å². The number of phenols is 4. The van der Waals surface area contributed by atoms with Crippen molar-refractivity contribution in [2.24, 2.45) is 0 Å². The van der Waals surface area contributed by atoms with Crippen LogP contribution in [0.5, 0.6) is 23.0 Å². The number of phenolic OH excluding ortho intramolecular Hbond substituents is 4. The lowest BCUT2D eigenvalue weighted by Gasteiger charge is -2.42. The van der Waals surface area contributed by atoms with Crippen molar-refractivity contribution in [3.63, 3.8) is 0 Å². The van der Waals surface area contributed by atoms with E-state index in [2.05, 4.69) is 0 Å². The Morgan fingerprint density at radius 3 is 1.70 bits per heavy atom. The predicted octanol–water partition coefficient (Wildman–Crippen LogP) is 1.45. The smallest absolute Gasteiger partial charge is 0.348 e. The second kappa shape index (κ2) is 14.1. The zero-order valence-electron chi connectivity index (χ0n) is 22.7. The highest BCUT2D eigenvalue weighted by Gasteiger charge is 2.56. The van der Waals surface area contributed by atoms with Gasteiger partial charge < -0.3 is 50.0 Å². The molecule has 0 heterocycles. The summed E-state index contributed by atoms with van der Waals surface area (Å²) >= 11 is 0. The highest BCUT2D eigenvalue weighted by atomic mass is 16.6. The van der Waals surface area contributed by atoms with Crippen LogP contribution in [0.25, 0.3) is 12.2 Å². The molecule has 234 valence electrons. The van der Waals surface area contributed by atoms with Crippen LogP contribution in [0.15, 0.2) is 48.6 Å². The lowest BCUT2D eigenvalue weighted by atomic mass is 9.79. The first-order valence-electron chi connectivity index (χ1n) is 12.9. The number of hydrogen-bond acceptors (Lipinski definition) is 13. The minimum Gasteiger partial charge on any atom is -0.504 e. The van der Waals surface area contributed by atoms with Gasteiger partial charge in [0.2, 0.25) is 5.60 Å². The fourth-order valence-electron chi connectivity index (χ4n) is 4.21. The second-order valence-electron chi connectivity index (χ2n) is 9.68. The molecule has 1 aliphatic rings. The maximum absolute atomic E-state index is 12.7. The molecule has 15 heteroatoms. The first kappa shape index (κ1) is 32.9. The van der Waals surface area contributed by atoms with E-state index in [4.69, 9.17) is 19.3 Å². The molecule has 1 aliphatic carbocycles. The first-order chi connectivity index (χ1) is 20.7. The zero-order chi connectivity index (χ0) is 32.6. The third-order valence-corrected chi connectivity index (χ3v) is 6.43. The first-order valence-corrected chi connectivity index (χ1v) is 12.9. The summed E-state index contributed by atoms with van der Waals surface area (Å²) in [5, 5.41) is 67.8. The number of rotatable bonds is 11. The molecule has 0 radical (unpaired) electrons. The lowest BCUT2D eigenvalue weighted by molar-refractivity contribution is -0.213. The normalized spacial score (nSPS) is 21.5. The van der Waals surface area contributed by atoms with E-state index in [0.717, 1.165) is 42.5 Å². The Kier molecular flexibility index (Phi) is 10.5. The molecule has 0 spiro atoms. The summed E-state index contributed by atoms with van der Waals surface area (Å²) in [4.78, 5) is 60.8. The number of carbonyl (C=O) groups excluding carboxylic acids is 3. The molecule has 2 aromatic rings. The fourth-order valence-corrected chi connectivity index (χ4v) is 4.21. The molecule has 4 atom stereocenters. The van der Waals surface area contributed by atoms with Gasteiger partial charge in [-0.15, -0.1) is 0 Å². The Morgan fingerprint density at radius 1 is 0.727 bits per heavy atom. The molecule has 1 saturated carbocycles. The van der Waals surface area contributed by atoms with Crippen LogP contribution in [0.4, 0.5) is 0 Å². The van der Waals surface area contributed by atoms with E-state index in [0.29, 0.717) is 0 Å². The van der Waals surface area contributed by atoms with Gasteiger partial charge in [-0.25, -0.2) is 14.4 Å². The Balaban J connectivity index is 1.85. The minimum absolute atomic E-state index is 0.228. The highest BCUT2D eigenvalue weighted by molar-refractivity contribution is 5.91. The molecular weight excluding hydrogens is 588 g/mol. The number of ether oxygens (including phenoxy) is 3. The van der Waals surface area contributed by atoms with Crippen molar-refractivity contribution in [3.8, 4) is 23.0 Å². The van der Waals surface area contributed by atoms with Crippen molar-refractivity contribution < 1.29 is 73.9 Å². The Bertz CT molecular complexity index is 1490. The van der Waals surface area contributed by atoms with Gasteiger partial charge in [-0.1, -0.05) is 12.1 Å². The van der Waals surface area contributed by atoms with E-state index < -0.39 is 102 Å². The van der Waals surface area contributed by atoms with E-state index >= 15 is 0 Å². The van der Waals surface area contributed by atoms with Gasteiger partial charge in [-0.2, -0.15) is 0 Å². The van der Waals surface area contributed by atoms with Crippen LogP contribution in [-0.4, -0.2) is 89.5 Å². The van der Waals surface area contributed by atoms with Crippen molar-refractivity contribution in [3.05, 3.63) is 59.7 Å². The number of hydrogen-bond donors (Lipinski definition) is 7. The standard InChI is InChI=1S/C29H28O15/c30-17-5-1-15(11-19(17)32)3-8-24(36)42-21-13-29(28(40)41,14-22(27(21)39)43-25(37)10-7-23(34)35)44-26(38)9-4-16-2-6-18(31)20(33)12-16/h1-6,8-9,11-12,21-22,27,30-33,39H,7,10,13-14H2,(H,34,35)(H,40,41). The summed E-state index contributed by atoms with van der Waals surface area (Å²) in [6.07, 6.45) is -4.10. The molecule has 0 amide bonds. The van der Waals surface area contributed by atoms with Crippen molar-refractivity contribution in [2.45, 2.75) is 49.6 Å². The molecule has 3 rings (SSSR count). The zero-order valence-corrected chi connectivity index (χ0v) is 22.7. The maximum atomic E-state index is 12.7. The summed E-state index contributed by atoms with van der Waals surface area (Å²) in [6.45, 7) is 0. The van der Waals surface area contributed by atoms with Crippen molar-refractivity contribution in [2.75, 3.05) is 0 Å². The molecule has 7 N–H and O–H groups in total. The quantitative estimate of drug-likeness (QED) is 0.0816. The van der Waals surface area contributed by atoms with Crippen LogP contribution in [-0.2, 0) is 38.2 Å². The molecule has 0 saturated heterocycles. The van der Waals surface area contributed by atoms with E-state index in [1.165, 1.54) is 18.2 Å². The number of carbonyl (C=O) groups is 5. The van der Waals surface area contributed by atoms with Gasteiger partial charge in [0.15, 0.2) is 23.0 Å². The van der Waals surface area contributed by atoms with E-state index in [1.54, 1.807) is 0 Å². The maximum Gasteiger partial charge on any atom is 0.348 e. The van der Waals surface area contributed by atoms with Crippen LogP contribution in [0.3, 0.4) is 0 Å². The van der Waals surface area contributed by atoms with Gasteiger partial charge in [0.05, 0.1) is 12.8 Å². The Morgan fingerprint density at radius 2 is 1.23 bits per heavy atom. The van der Waals surface area contributed by atoms with E-state index in [1.807, 2.05) is 0 Å². The average molecular weight is 617 g/mol. The molecule has 0 aliphatic heterocycles. The third kappa shape index (κ3) is 8.72. The summed E-state index contributed by atoms with van der Waals surface area (Å²) in [6, 6.07) is 7.22. The summed E-state index contributed by atoms with van der Waals surface area (Å²) < 4.78 is 15.6. The average Bonchev–Trinajstić information content (AvgIpc) is 2.95. The van der Waals surface area contributed by atoms with Gasteiger partial charge in [0, 0.05) is 25.0 Å². The number of carboxylic acid groups (broad SMARTS) is 2. The largest absolute Gasteiger partial charge is 0.504 e. The number of benzene rings is 2. The molecule has 15 nitrogen and oxygen atoms in total. The summed E-state index contributed by atoms with van der Waals surface area (Å²) in [5.74, 6) is -8.30. The number of aliphatic hydroxyl groups is 1. The molecular formula is C29H28O15. The van der Waals surface area contributed by atoms with Gasteiger partial charge in [-0.05, 0) is 47.5 Å². The third-order valence-electron chi connectivity index (χ3n) is 6.43. The molecule has 1 fully saturated rings. The SMILES string of the molecule is O=C(O)CCC(=O)OC1CC(OC(=O)C=Cc2ccc(O)c(O)c2)(C(=O)O)CC(OC(=O)C=Cc2ccc(O)c(O)c2)C1O. The predicted molar refractivity (Wildman–Crippen MR) is 146 cm³/mol. The summed E-state index contributed by atoms with van der Waals surface area (Å²) in [7, 11) is 0. The topological polar surface area (TPSA) is 255 Å². The lowest BCUT2D eigenvalue weighted by Crippen LogP contribution is -2.59. The fraction of sp³-hybridized carbons (Fsp3) is 0.276. The van der Waals surface area contributed by atoms with Crippen LogP contribution in [0.1, 0.15) is 36.8 Å². The van der Waals surface area contributed by atoms with Crippen molar-refractivity contribution in [1.29, 1.82) is 0 Å². The molecule has 2 aromatic carbocycles. The number of aromatic hydroxyl groups is 4. The van der Waals surface area contributed by atoms with Crippen LogP contribution >= 0.6 is 0 Å². The number of carboxylic acids is 2. The van der Waals surface area contributed by atoms with Gasteiger partial charge in [0.25, 0.3) is 0 Å². The monoisotopic (exact) mass is 616 g/mol. The number of aliphatic carboxylic acids is 2. The Labute approximate surface area is 248 Å². The van der Waals surface area contributed by atoms with Gasteiger partial charge in [-0.3, -0.25) is 9.59 Å². The van der Waals surface area contributed by atoms with Gasteiger partial charge >= 0.3 is 29.8 Å². The van der Waals surface area contributed by atoms with Crippen LogP contribution < -0.4 is 0 Å². The van der Waals surface area contributed by atoms with Crippen LogP contribution in [0.2, 0.25) is 0 Å². The van der Waals surface area contributed by atoms with Crippen LogP contribution in [0, 0.1) is 0 Å². The molecule has 4 unspecified atom stereocenters. The van der Waals surface area contributed by atoms with Crippen molar-refractivity contribution in [1.82, 2.24) is 0 Å². The van der Waals surface area contributed by atoms with E-state index in [9.17, 15) is 54.6 Å². The molecule has 44 heavy (non-hydrogen) atoms. The summed E-state index contributed by atoms with van der Waals surface area (Å²) in [5.41, 5.74) is -2.02. The molecule has 0 bridgehead atoms. The number of esters is 3. The minimum atomic E-state index is -2.51. The Hall–Kier alpha value is -5.57. The number of aliphatic hydroxyl groups excluding tert-OH is 1. The highest BCUT2D eigenvalue weighted by Crippen LogP contribution is 2.37. The van der Waals surface area contributed by atoms with Crippen molar-refractivity contribution >= 4 is 42.0 Å². The van der Waals surface area contributed by atoms with Gasteiger partial charge in [0.1, 0.15) is 18.3 Å².